The van der Waals surface area contributed by atoms with E-state index in [1.54, 1.807) is 0 Å². The number of carbonyl (C=O) groups excluding carboxylic acids is 2. The highest BCUT2D eigenvalue weighted by atomic mass is 16.6. The molecule has 22 heavy (non-hydrogen) atoms. The molecule has 124 valence electrons. The van der Waals surface area contributed by atoms with Crippen molar-refractivity contribution in [2.75, 3.05) is 6.54 Å². The summed E-state index contributed by atoms with van der Waals surface area (Å²) in [6.45, 7) is 8.17. The number of amides is 1. The van der Waals surface area contributed by atoms with Crippen LogP contribution in [0, 0.1) is 5.92 Å². The SMILES string of the molecule is CC(NC(=O)OC(C)(C)C)C(=C=O)N1CCC2CCCCC21. The van der Waals surface area contributed by atoms with Crippen LogP contribution in [0.3, 0.4) is 0 Å². The first-order valence-electron chi connectivity index (χ1n) is 8.33. The van der Waals surface area contributed by atoms with Crippen molar-refractivity contribution in [1.82, 2.24) is 10.2 Å². The molecule has 0 aromatic heterocycles. The van der Waals surface area contributed by atoms with E-state index in [4.69, 9.17) is 4.74 Å². The molecule has 5 heteroatoms. The molecular formula is C17H28N2O3. The van der Waals surface area contributed by atoms with Crippen molar-refractivity contribution in [3.8, 4) is 0 Å². The molecule has 1 aliphatic heterocycles. The molecule has 3 atom stereocenters. The lowest BCUT2D eigenvalue weighted by Crippen LogP contribution is -2.45. The average molecular weight is 308 g/mol. The third-order valence-corrected chi connectivity index (χ3v) is 4.57. The summed E-state index contributed by atoms with van der Waals surface area (Å²) >= 11 is 0. The Morgan fingerprint density at radius 3 is 2.59 bits per heavy atom. The Morgan fingerprint density at radius 1 is 1.27 bits per heavy atom. The Kier molecular flexibility index (Phi) is 5.17. The molecule has 0 radical (unpaired) electrons. The Morgan fingerprint density at radius 2 is 1.95 bits per heavy atom. The van der Waals surface area contributed by atoms with Crippen LogP contribution < -0.4 is 5.32 Å². The number of likely N-dealkylation sites (tertiary alicyclic amines) is 1. The van der Waals surface area contributed by atoms with Crippen LogP contribution in [0.4, 0.5) is 4.79 Å². The summed E-state index contributed by atoms with van der Waals surface area (Å²) in [7, 11) is 0. The topological polar surface area (TPSA) is 58.6 Å². The van der Waals surface area contributed by atoms with Crippen LogP contribution >= 0.6 is 0 Å². The number of ether oxygens (including phenoxy) is 1. The molecule has 0 bridgehead atoms. The molecule has 2 rings (SSSR count). The first kappa shape index (κ1) is 16.9. The number of rotatable bonds is 3. The van der Waals surface area contributed by atoms with Crippen LogP contribution in [0.2, 0.25) is 0 Å². The van der Waals surface area contributed by atoms with Crippen LogP contribution in [0.15, 0.2) is 5.70 Å². The summed E-state index contributed by atoms with van der Waals surface area (Å²) in [4.78, 5) is 25.5. The molecule has 1 N–H and O–H groups in total. The number of hydrogen-bond acceptors (Lipinski definition) is 4. The van der Waals surface area contributed by atoms with Crippen molar-refractivity contribution in [3.05, 3.63) is 5.70 Å². The third-order valence-electron chi connectivity index (χ3n) is 4.57. The lowest BCUT2D eigenvalue weighted by molar-refractivity contribution is 0.0507. The smallest absolute Gasteiger partial charge is 0.408 e. The Labute approximate surface area is 133 Å². The summed E-state index contributed by atoms with van der Waals surface area (Å²) in [5, 5.41) is 2.76. The zero-order valence-corrected chi connectivity index (χ0v) is 14.1. The molecule has 1 saturated heterocycles. The van der Waals surface area contributed by atoms with Gasteiger partial charge in [0, 0.05) is 12.6 Å². The minimum atomic E-state index is -0.545. The lowest BCUT2D eigenvalue weighted by Gasteiger charge is -2.35. The molecule has 0 aromatic rings. The van der Waals surface area contributed by atoms with E-state index in [0.717, 1.165) is 19.4 Å². The molecule has 1 saturated carbocycles. The summed E-state index contributed by atoms with van der Waals surface area (Å²) in [6.07, 6.45) is 5.54. The Balaban J connectivity index is 1.99. The zero-order valence-electron chi connectivity index (χ0n) is 14.1. The number of fused-ring (bicyclic) bond motifs is 1. The van der Waals surface area contributed by atoms with E-state index >= 15 is 0 Å². The van der Waals surface area contributed by atoms with Crippen molar-refractivity contribution in [2.45, 2.75) is 77.5 Å². The van der Waals surface area contributed by atoms with Crippen LogP contribution in [0.5, 0.6) is 0 Å². The van der Waals surface area contributed by atoms with Gasteiger partial charge in [-0.1, -0.05) is 12.8 Å². The molecular weight excluding hydrogens is 280 g/mol. The highest BCUT2D eigenvalue weighted by molar-refractivity contribution is 5.69. The highest BCUT2D eigenvalue weighted by Crippen LogP contribution is 2.38. The standard InChI is InChI=1S/C17H28N2O3/c1-12(18-16(21)22-17(2,3)4)15(11-20)19-10-9-13-7-5-6-8-14(13)19/h12-14H,5-10H2,1-4H3,(H,18,21). The predicted molar refractivity (Wildman–Crippen MR) is 85.1 cm³/mol. The molecule has 1 heterocycles. The van der Waals surface area contributed by atoms with Crippen molar-refractivity contribution >= 4 is 12.0 Å². The number of nitrogens with one attached hydrogen (secondary N) is 1. The number of hydrogen-bond donors (Lipinski definition) is 1. The van der Waals surface area contributed by atoms with E-state index in [9.17, 15) is 9.59 Å². The van der Waals surface area contributed by atoms with Gasteiger partial charge in [-0.15, -0.1) is 0 Å². The summed E-state index contributed by atoms with van der Waals surface area (Å²) in [5.74, 6) is 2.75. The average Bonchev–Trinajstić information content (AvgIpc) is 2.81. The van der Waals surface area contributed by atoms with Gasteiger partial charge in [-0.05, 0) is 52.9 Å². The van der Waals surface area contributed by atoms with Crippen molar-refractivity contribution < 1.29 is 14.3 Å². The van der Waals surface area contributed by atoms with Gasteiger partial charge in [0.2, 0.25) is 0 Å². The van der Waals surface area contributed by atoms with Gasteiger partial charge in [0.25, 0.3) is 0 Å². The van der Waals surface area contributed by atoms with Crippen molar-refractivity contribution in [2.24, 2.45) is 5.92 Å². The molecule has 3 unspecified atom stereocenters. The minimum absolute atomic E-state index is 0.381. The maximum atomic E-state index is 11.9. The molecule has 1 aliphatic carbocycles. The van der Waals surface area contributed by atoms with Gasteiger partial charge in [0.1, 0.15) is 17.2 Å². The normalized spacial score (nSPS) is 25.9. The van der Waals surface area contributed by atoms with Gasteiger partial charge in [0.05, 0.1) is 6.04 Å². The van der Waals surface area contributed by atoms with Crippen molar-refractivity contribution in [1.29, 1.82) is 0 Å². The molecule has 1 amide bonds. The van der Waals surface area contributed by atoms with E-state index in [1.807, 2.05) is 27.7 Å². The maximum absolute atomic E-state index is 11.9. The van der Waals surface area contributed by atoms with Crippen LogP contribution in [0.25, 0.3) is 0 Å². The van der Waals surface area contributed by atoms with Gasteiger partial charge in [0.15, 0.2) is 0 Å². The fourth-order valence-corrected chi connectivity index (χ4v) is 3.65. The first-order chi connectivity index (χ1) is 10.3. The van der Waals surface area contributed by atoms with E-state index in [2.05, 4.69) is 16.2 Å². The number of nitrogens with zero attached hydrogens (tertiary/aromatic N) is 1. The van der Waals surface area contributed by atoms with Gasteiger partial charge in [-0.25, -0.2) is 9.59 Å². The second-order valence-electron chi connectivity index (χ2n) is 7.45. The largest absolute Gasteiger partial charge is 0.444 e. The van der Waals surface area contributed by atoms with Crippen molar-refractivity contribution in [3.63, 3.8) is 0 Å². The molecule has 2 fully saturated rings. The third kappa shape index (κ3) is 4.04. The summed E-state index contributed by atoms with van der Waals surface area (Å²) < 4.78 is 5.26. The maximum Gasteiger partial charge on any atom is 0.408 e. The monoisotopic (exact) mass is 308 g/mol. The first-order valence-corrected chi connectivity index (χ1v) is 8.33. The molecule has 2 aliphatic rings. The molecule has 0 aromatic carbocycles. The summed E-state index contributed by atoms with van der Waals surface area (Å²) in [6, 6.07) is 0.0566. The highest BCUT2D eigenvalue weighted by Gasteiger charge is 2.38. The zero-order chi connectivity index (χ0) is 16.3. The minimum Gasteiger partial charge on any atom is -0.444 e. The fraction of sp³-hybridized carbons (Fsp3) is 0.824. The van der Waals surface area contributed by atoms with Crippen LogP contribution in [0.1, 0.15) is 59.8 Å². The molecule has 0 spiro atoms. The lowest BCUT2D eigenvalue weighted by atomic mass is 9.85. The van der Waals surface area contributed by atoms with Crippen LogP contribution in [-0.2, 0) is 9.53 Å². The Hall–Kier alpha value is -1.48. The quantitative estimate of drug-likeness (QED) is 0.815. The van der Waals surface area contributed by atoms with Gasteiger partial charge in [-0.3, -0.25) is 0 Å². The van der Waals surface area contributed by atoms with Crippen LogP contribution in [-0.4, -0.2) is 41.2 Å². The Bertz CT molecular complexity index is 463. The predicted octanol–water partition coefficient (Wildman–Crippen LogP) is 2.88. The van der Waals surface area contributed by atoms with E-state index in [0.29, 0.717) is 17.7 Å². The van der Waals surface area contributed by atoms with E-state index in [-0.39, 0.29) is 6.04 Å². The van der Waals surface area contributed by atoms with E-state index in [1.165, 1.54) is 19.3 Å². The van der Waals surface area contributed by atoms with Gasteiger partial charge in [-0.2, -0.15) is 0 Å². The van der Waals surface area contributed by atoms with Gasteiger partial charge >= 0.3 is 6.09 Å². The van der Waals surface area contributed by atoms with Gasteiger partial charge < -0.3 is 15.0 Å². The second kappa shape index (κ2) is 6.74. The number of alkyl carbamates (subject to hydrolysis) is 1. The fourth-order valence-electron chi connectivity index (χ4n) is 3.65. The molecule has 5 nitrogen and oxygen atoms in total. The number of carbonyl (C=O) groups is 1. The van der Waals surface area contributed by atoms with E-state index < -0.39 is 11.7 Å². The second-order valence-corrected chi connectivity index (χ2v) is 7.45. The summed E-state index contributed by atoms with van der Waals surface area (Å²) in [5.41, 5.74) is 0.0111.